The number of allylic oxidation sites excluding steroid dienone is 1. The number of hydrogen-bond donors (Lipinski definition) is 1. The number of alkyl carbamates (subject to hydrolysis) is 1. The lowest BCUT2D eigenvalue weighted by atomic mass is 9.68. The Labute approximate surface area is 240 Å². The number of nitrogens with one attached hydrogen (secondary N) is 1. The van der Waals surface area contributed by atoms with E-state index in [4.69, 9.17) is 18.9 Å². The number of rotatable bonds is 9. The molecule has 7 atom stereocenters. The Kier molecular flexibility index (Phi) is 8.87. The van der Waals surface area contributed by atoms with Gasteiger partial charge in [-0.05, 0) is 84.7 Å². The van der Waals surface area contributed by atoms with Crippen LogP contribution >= 0.6 is 0 Å². The number of hydrogen-bond acceptors (Lipinski definition) is 7. The molecule has 9 heteroatoms. The van der Waals surface area contributed by atoms with Gasteiger partial charge in [-0.3, -0.25) is 4.79 Å². The Bertz CT molecular complexity index is 949. The summed E-state index contributed by atoms with van der Waals surface area (Å²) in [5.41, 5.74) is 0.604. The summed E-state index contributed by atoms with van der Waals surface area (Å²) < 4.78 is 24.4. The van der Waals surface area contributed by atoms with E-state index in [9.17, 15) is 9.59 Å². The zero-order valence-electron chi connectivity index (χ0n) is 25.4. The topological polar surface area (TPSA) is 96.2 Å². The van der Waals surface area contributed by atoms with Crippen LogP contribution < -0.4 is 5.32 Å². The van der Waals surface area contributed by atoms with Crippen molar-refractivity contribution in [2.75, 3.05) is 39.9 Å². The molecular weight excluding hydrogens is 510 g/mol. The van der Waals surface area contributed by atoms with Gasteiger partial charge in [-0.15, -0.1) is 0 Å². The normalized spacial score (nSPS) is 36.9. The smallest absolute Gasteiger partial charge is 0.408 e. The van der Waals surface area contributed by atoms with Crippen molar-refractivity contribution in [1.29, 1.82) is 0 Å². The Morgan fingerprint density at radius 1 is 1.10 bits per heavy atom. The lowest BCUT2D eigenvalue weighted by Crippen LogP contribution is -2.58. The van der Waals surface area contributed by atoms with Crippen LogP contribution in [-0.4, -0.2) is 103 Å². The van der Waals surface area contributed by atoms with Gasteiger partial charge in [-0.2, -0.15) is 0 Å². The number of carbonyl (C=O) groups is 2. The molecule has 5 aliphatic rings. The predicted molar refractivity (Wildman–Crippen MR) is 152 cm³/mol. The van der Waals surface area contributed by atoms with Gasteiger partial charge in [0, 0.05) is 26.2 Å². The quantitative estimate of drug-likeness (QED) is 0.337. The van der Waals surface area contributed by atoms with Crippen LogP contribution in [0.2, 0.25) is 0 Å². The first kappa shape index (κ1) is 29.8. The summed E-state index contributed by atoms with van der Waals surface area (Å²) in [6.07, 6.45) is 7.82. The molecule has 0 aromatic carbocycles. The second-order valence-electron chi connectivity index (χ2n) is 13.5. The molecule has 1 saturated carbocycles. The number of carbonyl (C=O) groups excluding carboxylic acids is 2. The molecule has 7 unspecified atom stereocenters. The SMILES string of the molecule is COC1C(OC(=O)NC(C(=O)N2CCC(N3CCCC3)CC2)C(C)C)CCC2(CO2)C1C1(C)OC1CC=C(C)C. The monoisotopic (exact) mass is 561 g/mol. The molecule has 0 bridgehead atoms. The summed E-state index contributed by atoms with van der Waals surface area (Å²) in [5.74, 6) is -0.0964. The Morgan fingerprint density at radius 3 is 2.35 bits per heavy atom. The van der Waals surface area contributed by atoms with Crippen LogP contribution in [0.25, 0.3) is 0 Å². The third-order valence-electron chi connectivity index (χ3n) is 10.1. The summed E-state index contributed by atoms with van der Waals surface area (Å²) in [5, 5.41) is 2.93. The Balaban J connectivity index is 1.19. The fourth-order valence-corrected chi connectivity index (χ4v) is 7.64. The van der Waals surface area contributed by atoms with Gasteiger partial charge in [0.25, 0.3) is 0 Å². The van der Waals surface area contributed by atoms with Gasteiger partial charge in [-0.1, -0.05) is 25.5 Å². The standard InChI is InChI=1S/C31H51N3O6/c1-20(2)9-10-24-30(5,40-24)27-26(37-6)23(11-14-31(27)19-38-31)39-29(36)32-25(21(3)4)28(35)34-17-12-22(13-18-34)33-15-7-8-16-33/h9,21-27H,7-8,10-19H2,1-6H3,(H,32,36). The van der Waals surface area contributed by atoms with Crippen LogP contribution in [0.1, 0.15) is 79.6 Å². The molecule has 2 amide bonds. The van der Waals surface area contributed by atoms with E-state index in [-0.39, 0.29) is 41.2 Å². The zero-order valence-corrected chi connectivity index (χ0v) is 25.4. The fraction of sp³-hybridized carbons (Fsp3) is 0.871. The highest BCUT2D eigenvalue weighted by Crippen LogP contribution is 2.59. The predicted octanol–water partition coefficient (Wildman–Crippen LogP) is 3.90. The number of epoxide rings is 2. The summed E-state index contributed by atoms with van der Waals surface area (Å²) in [4.78, 5) is 31.3. The first-order chi connectivity index (χ1) is 19.1. The molecule has 0 aromatic heterocycles. The molecule has 1 aliphatic carbocycles. The van der Waals surface area contributed by atoms with Crippen LogP contribution in [0.15, 0.2) is 11.6 Å². The largest absolute Gasteiger partial charge is 0.443 e. The van der Waals surface area contributed by atoms with Gasteiger partial charge in [0.05, 0.1) is 18.6 Å². The van der Waals surface area contributed by atoms with Gasteiger partial charge in [-0.25, -0.2) is 4.79 Å². The van der Waals surface area contributed by atoms with Crippen LogP contribution in [0.3, 0.4) is 0 Å². The minimum Gasteiger partial charge on any atom is -0.443 e. The van der Waals surface area contributed by atoms with Gasteiger partial charge in [0.15, 0.2) is 0 Å². The molecule has 4 heterocycles. The highest BCUT2D eigenvalue weighted by Gasteiger charge is 2.72. The van der Waals surface area contributed by atoms with Crippen molar-refractivity contribution in [3.05, 3.63) is 11.6 Å². The first-order valence-corrected chi connectivity index (χ1v) is 15.6. The number of ether oxygens (including phenoxy) is 4. The number of amides is 2. The number of nitrogens with zero attached hydrogens (tertiary/aromatic N) is 2. The summed E-state index contributed by atoms with van der Waals surface area (Å²) in [6, 6.07) is -0.0445. The number of methoxy groups -OCH3 is 1. The molecule has 226 valence electrons. The van der Waals surface area contributed by atoms with E-state index in [1.54, 1.807) is 7.11 Å². The average molecular weight is 562 g/mol. The minimum atomic E-state index is -0.618. The zero-order chi connectivity index (χ0) is 28.7. The fourth-order valence-electron chi connectivity index (χ4n) is 7.64. The second-order valence-corrected chi connectivity index (χ2v) is 13.5. The summed E-state index contributed by atoms with van der Waals surface area (Å²) >= 11 is 0. The van der Waals surface area contributed by atoms with Crippen molar-refractivity contribution >= 4 is 12.0 Å². The van der Waals surface area contributed by atoms with E-state index in [0.717, 1.165) is 38.8 Å². The van der Waals surface area contributed by atoms with Crippen molar-refractivity contribution < 1.29 is 28.5 Å². The van der Waals surface area contributed by atoms with Crippen LogP contribution in [-0.2, 0) is 23.7 Å². The van der Waals surface area contributed by atoms with E-state index in [2.05, 4.69) is 37.1 Å². The molecule has 1 N–H and O–H groups in total. The van der Waals surface area contributed by atoms with Crippen LogP contribution in [0, 0.1) is 11.8 Å². The van der Waals surface area contributed by atoms with E-state index >= 15 is 0 Å². The highest BCUT2D eigenvalue weighted by atomic mass is 16.6. The lowest BCUT2D eigenvalue weighted by Gasteiger charge is -2.43. The maximum Gasteiger partial charge on any atom is 0.408 e. The maximum absolute atomic E-state index is 13.5. The van der Waals surface area contributed by atoms with Gasteiger partial charge in [0.1, 0.15) is 29.5 Å². The van der Waals surface area contributed by atoms with Gasteiger partial charge >= 0.3 is 6.09 Å². The van der Waals surface area contributed by atoms with Crippen LogP contribution in [0.4, 0.5) is 4.79 Å². The average Bonchev–Trinajstić information content (AvgIpc) is 3.76. The third kappa shape index (κ3) is 6.08. The molecule has 9 nitrogen and oxygen atoms in total. The van der Waals surface area contributed by atoms with Crippen molar-refractivity contribution in [2.24, 2.45) is 11.8 Å². The number of piperidine rings is 1. The molecular formula is C31H51N3O6. The second kappa shape index (κ2) is 11.9. The third-order valence-corrected chi connectivity index (χ3v) is 10.1. The van der Waals surface area contributed by atoms with E-state index < -0.39 is 18.2 Å². The van der Waals surface area contributed by atoms with E-state index in [0.29, 0.717) is 19.1 Å². The van der Waals surface area contributed by atoms with E-state index in [1.807, 2.05) is 18.7 Å². The minimum absolute atomic E-state index is 0.0111. The molecule has 4 saturated heterocycles. The number of likely N-dealkylation sites (tertiary alicyclic amines) is 2. The summed E-state index contributed by atoms with van der Waals surface area (Å²) in [7, 11) is 1.68. The maximum atomic E-state index is 13.5. The van der Waals surface area contributed by atoms with Crippen molar-refractivity contribution in [3.8, 4) is 0 Å². The van der Waals surface area contributed by atoms with Gasteiger partial charge in [0.2, 0.25) is 5.91 Å². The Morgan fingerprint density at radius 2 is 1.77 bits per heavy atom. The molecule has 5 rings (SSSR count). The van der Waals surface area contributed by atoms with E-state index in [1.165, 1.54) is 31.5 Å². The Hall–Kier alpha value is -1.68. The van der Waals surface area contributed by atoms with Crippen molar-refractivity contribution in [3.63, 3.8) is 0 Å². The molecule has 5 fully saturated rings. The lowest BCUT2D eigenvalue weighted by molar-refractivity contribution is -0.136. The van der Waals surface area contributed by atoms with Gasteiger partial charge < -0.3 is 34.1 Å². The molecule has 0 radical (unpaired) electrons. The summed E-state index contributed by atoms with van der Waals surface area (Å²) in [6.45, 7) is 14.8. The van der Waals surface area contributed by atoms with Crippen molar-refractivity contribution in [1.82, 2.24) is 15.1 Å². The van der Waals surface area contributed by atoms with Crippen LogP contribution in [0.5, 0.6) is 0 Å². The molecule has 4 aliphatic heterocycles. The highest BCUT2D eigenvalue weighted by molar-refractivity contribution is 5.86. The molecule has 0 aromatic rings. The molecule has 40 heavy (non-hydrogen) atoms. The molecule has 1 spiro atoms. The van der Waals surface area contributed by atoms with Crippen molar-refractivity contribution in [2.45, 2.75) is 121 Å². The first-order valence-electron chi connectivity index (χ1n) is 15.6.